The third-order valence-corrected chi connectivity index (χ3v) is 4.46. The van der Waals surface area contributed by atoms with Crippen molar-refractivity contribution in [3.05, 3.63) is 60.7 Å². The SMILES string of the molecule is CSc1nc(Nc2ccccc2)cc(-n2nc(Nc3cccc(N)c3)nc2N)n1. The summed E-state index contributed by atoms with van der Waals surface area (Å²) in [5, 5.41) is 11.4. The van der Waals surface area contributed by atoms with Crippen molar-refractivity contribution < 1.29 is 0 Å². The maximum Gasteiger partial charge on any atom is 0.248 e. The zero-order valence-corrected chi connectivity index (χ0v) is 16.4. The van der Waals surface area contributed by atoms with Crippen molar-refractivity contribution in [2.45, 2.75) is 5.16 Å². The molecular weight excluding hydrogens is 386 g/mol. The number of nitrogen functional groups attached to an aromatic ring is 2. The molecule has 0 amide bonds. The summed E-state index contributed by atoms with van der Waals surface area (Å²) in [6.07, 6.45) is 1.91. The molecule has 0 aliphatic carbocycles. The highest BCUT2D eigenvalue weighted by Gasteiger charge is 2.13. The summed E-state index contributed by atoms with van der Waals surface area (Å²) in [5.74, 6) is 1.68. The predicted octanol–water partition coefficient (Wildman–Crippen LogP) is 3.43. The Morgan fingerprint density at radius 1 is 0.862 bits per heavy atom. The van der Waals surface area contributed by atoms with Gasteiger partial charge in [0.05, 0.1) is 0 Å². The number of rotatable bonds is 6. The van der Waals surface area contributed by atoms with Crippen LogP contribution in [0.3, 0.4) is 0 Å². The molecule has 2 aromatic heterocycles. The normalized spacial score (nSPS) is 10.7. The van der Waals surface area contributed by atoms with Crippen LogP contribution in [-0.2, 0) is 0 Å². The molecule has 0 bridgehead atoms. The Hall–Kier alpha value is -3.79. The van der Waals surface area contributed by atoms with E-state index in [0.29, 0.717) is 28.4 Å². The largest absolute Gasteiger partial charge is 0.399 e. The van der Waals surface area contributed by atoms with E-state index < -0.39 is 0 Å². The van der Waals surface area contributed by atoms with E-state index in [9.17, 15) is 0 Å². The first-order chi connectivity index (χ1) is 14.1. The second kappa shape index (κ2) is 8.07. The molecule has 4 aromatic rings. The van der Waals surface area contributed by atoms with Crippen LogP contribution in [0.1, 0.15) is 0 Å². The van der Waals surface area contributed by atoms with Crippen LogP contribution in [0.5, 0.6) is 0 Å². The maximum absolute atomic E-state index is 6.09. The van der Waals surface area contributed by atoms with Gasteiger partial charge in [-0.1, -0.05) is 36.0 Å². The van der Waals surface area contributed by atoms with Gasteiger partial charge < -0.3 is 22.1 Å². The maximum atomic E-state index is 6.09. The smallest absolute Gasteiger partial charge is 0.248 e. The first kappa shape index (κ1) is 18.6. The van der Waals surface area contributed by atoms with Crippen LogP contribution < -0.4 is 22.1 Å². The minimum atomic E-state index is 0.202. The number of hydrogen-bond acceptors (Lipinski definition) is 9. The van der Waals surface area contributed by atoms with E-state index in [4.69, 9.17) is 11.5 Å². The highest BCUT2D eigenvalue weighted by atomic mass is 32.2. The molecule has 0 atom stereocenters. The second-order valence-electron chi connectivity index (χ2n) is 6.04. The van der Waals surface area contributed by atoms with Gasteiger partial charge in [0.25, 0.3) is 0 Å². The van der Waals surface area contributed by atoms with Gasteiger partial charge in [0.1, 0.15) is 5.82 Å². The lowest BCUT2D eigenvalue weighted by molar-refractivity contribution is 0.819. The number of nitrogens with one attached hydrogen (secondary N) is 2. The molecule has 0 saturated carbocycles. The molecule has 0 saturated heterocycles. The zero-order chi connectivity index (χ0) is 20.2. The number of anilines is 6. The van der Waals surface area contributed by atoms with Gasteiger partial charge in [-0.25, -0.2) is 9.97 Å². The lowest BCUT2D eigenvalue weighted by Gasteiger charge is -2.09. The second-order valence-corrected chi connectivity index (χ2v) is 6.82. The summed E-state index contributed by atoms with van der Waals surface area (Å²) in [6.45, 7) is 0. The van der Waals surface area contributed by atoms with E-state index in [1.54, 1.807) is 18.2 Å². The molecule has 2 aromatic carbocycles. The molecule has 0 radical (unpaired) electrons. The Balaban J connectivity index is 1.65. The monoisotopic (exact) mass is 405 g/mol. The number of para-hydroxylation sites is 1. The van der Waals surface area contributed by atoms with E-state index in [0.717, 1.165) is 11.4 Å². The van der Waals surface area contributed by atoms with Gasteiger partial charge in [-0.3, -0.25) is 0 Å². The van der Waals surface area contributed by atoms with Crippen molar-refractivity contribution in [3.63, 3.8) is 0 Å². The third kappa shape index (κ3) is 4.38. The molecule has 0 spiro atoms. The van der Waals surface area contributed by atoms with Crippen molar-refractivity contribution in [2.24, 2.45) is 0 Å². The Bertz CT molecular complexity index is 1130. The van der Waals surface area contributed by atoms with Crippen LogP contribution in [0.15, 0.2) is 65.8 Å². The highest BCUT2D eigenvalue weighted by molar-refractivity contribution is 7.98. The molecule has 6 N–H and O–H groups in total. The first-order valence-electron chi connectivity index (χ1n) is 8.71. The average Bonchev–Trinajstić information content (AvgIpc) is 3.08. The minimum absolute atomic E-state index is 0.202. The van der Waals surface area contributed by atoms with Crippen molar-refractivity contribution >= 4 is 46.5 Å². The van der Waals surface area contributed by atoms with E-state index in [1.165, 1.54) is 16.4 Å². The van der Waals surface area contributed by atoms with Gasteiger partial charge in [0.15, 0.2) is 11.0 Å². The molecule has 146 valence electrons. The van der Waals surface area contributed by atoms with Gasteiger partial charge in [0.2, 0.25) is 11.9 Å². The summed E-state index contributed by atoms with van der Waals surface area (Å²) >= 11 is 1.43. The van der Waals surface area contributed by atoms with Gasteiger partial charge >= 0.3 is 0 Å². The molecule has 10 heteroatoms. The molecule has 0 fully saturated rings. The van der Waals surface area contributed by atoms with Gasteiger partial charge in [-0.15, -0.1) is 5.10 Å². The lowest BCUT2D eigenvalue weighted by Crippen LogP contribution is -2.07. The number of thioether (sulfide) groups is 1. The van der Waals surface area contributed by atoms with E-state index in [2.05, 4.69) is 30.7 Å². The Labute approximate surface area is 171 Å². The number of nitrogens with two attached hydrogens (primary N) is 2. The number of aromatic nitrogens is 5. The Morgan fingerprint density at radius 2 is 1.66 bits per heavy atom. The van der Waals surface area contributed by atoms with Crippen LogP contribution in [0.2, 0.25) is 0 Å². The van der Waals surface area contributed by atoms with Crippen LogP contribution >= 0.6 is 11.8 Å². The predicted molar refractivity (Wildman–Crippen MR) is 117 cm³/mol. The van der Waals surface area contributed by atoms with Crippen LogP contribution in [-0.4, -0.2) is 31.0 Å². The topological polar surface area (TPSA) is 133 Å². The van der Waals surface area contributed by atoms with E-state index in [-0.39, 0.29) is 5.95 Å². The van der Waals surface area contributed by atoms with Crippen LogP contribution in [0.25, 0.3) is 5.82 Å². The molecule has 0 unspecified atom stereocenters. The van der Waals surface area contributed by atoms with E-state index in [1.807, 2.05) is 48.7 Å². The van der Waals surface area contributed by atoms with E-state index >= 15 is 0 Å². The summed E-state index contributed by atoms with van der Waals surface area (Å²) in [4.78, 5) is 13.3. The molecule has 0 aliphatic rings. The molecule has 9 nitrogen and oxygen atoms in total. The number of hydrogen-bond donors (Lipinski definition) is 4. The molecule has 0 aliphatic heterocycles. The lowest BCUT2D eigenvalue weighted by atomic mass is 10.3. The van der Waals surface area contributed by atoms with Gasteiger partial charge in [0, 0.05) is 23.1 Å². The quantitative estimate of drug-likeness (QED) is 0.216. The fourth-order valence-corrected chi connectivity index (χ4v) is 3.01. The fourth-order valence-electron chi connectivity index (χ4n) is 2.64. The fraction of sp³-hybridized carbons (Fsp3) is 0.0526. The van der Waals surface area contributed by atoms with Crippen LogP contribution in [0, 0.1) is 0 Å². The summed E-state index contributed by atoms with van der Waals surface area (Å²) in [6, 6.07) is 18.8. The first-order valence-corrected chi connectivity index (χ1v) is 9.94. The number of nitrogens with zero attached hydrogens (tertiary/aromatic N) is 5. The summed E-state index contributed by atoms with van der Waals surface area (Å²) in [5.41, 5.74) is 14.2. The standard InChI is InChI=1S/C19H19N9S/c1-29-19-24-15(22-13-7-3-2-4-8-13)11-16(25-19)28-17(21)26-18(27-28)23-14-9-5-6-12(20)10-14/h2-11H,20H2,1H3,(H,22,24,25)(H3,21,23,26,27). The number of benzene rings is 2. The van der Waals surface area contributed by atoms with Crippen molar-refractivity contribution in [2.75, 3.05) is 28.4 Å². The molecule has 2 heterocycles. The molecular formula is C19H19N9S. The van der Waals surface area contributed by atoms with Crippen molar-refractivity contribution in [3.8, 4) is 5.82 Å². The average molecular weight is 405 g/mol. The Kier molecular flexibility index (Phi) is 5.16. The van der Waals surface area contributed by atoms with Gasteiger partial charge in [-0.2, -0.15) is 9.67 Å². The third-order valence-electron chi connectivity index (χ3n) is 3.91. The summed E-state index contributed by atoms with van der Waals surface area (Å²) < 4.78 is 1.46. The van der Waals surface area contributed by atoms with Crippen molar-refractivity contribution in [1.29, 1.82) is 0 Å². The molecule has 4 rings (SSSR count). The summed E-state index contributed by atoms with van der Waals surface area (Å²) in [7, 11) is 0. The minimum Gasteiger partial charge on any atom is -0.399 e. The Morgan fingerprint density at radius 3 is 2.41 bits per heavy atom. The van der Waals surface area contributed by atoms with Crippen LogP contribution in [0.4, 0.5) is 34.8 Å². The van der Waals surface area contributed by atoms with Gasteiger partial charge in [-0.05, 0) is 36.6 Å². The highest BCUT2D eigenvalue weighted by Crippen LogP contribution is 2.23. The van der Waals surface area contributed by atoms with Crippen molar-refractivity contribution in [1.82, 2.24) is 24.7 Å². The molecule has 29 heavy (non-hydrogen) atoms. The zero-order valence-electron chi connectivity index (χ0n) is 15.6.